The fraction of sp³-hybridized carbons (Fsp3) is 0.263. The van der Waals surface area contributed by atoms with Crippen molar-refractivity contribution in [2.75, 3.05) is 18.9 Å². The van der Waals surface area contributed by atoms with Crippen LogP contribution in [0.1, 0.15) is 18.3 Å². The number of aromatic amines is 1. The molecule has 3 rings (SSSR count). The van der Waals surface area contributed by atoms with Crippen LogP contribution in [-0.2, 0) is 11.2 Å². The standard InChI is InChI=1S/C19H21FN4O.2ClH/c1-12(11-21-2)19(25)22-14-7-8-16-17(10-14)24-18(23-16)9-13-5-3-4-6-15(13)20;;/h3-8,10,12,21H,9,11H2,1-2H3,(H,22,25)(H,23,24);2*1H. The van der Waals surface area contributed by atoms with Crippen molar-refractivity contribution in [3.63, 3.8) is 0 Å². The lowest BCUT2D eigenvalue weighted by Crippen LogP contribution is -2.28. The van der Waals surface area contributed by atoms with Crippen molar-refractivity contribution >= 4 is 47.4 Å². The minimum Gasteiger partial charge on any atom is -0.342 e. The molecule has 0 aliphatic rings. The second-order valence-corrected chi connectivity index (χ2v) is 6.13. The molecule has 0 spiro atoms. The lowest BCUT2D eigenvalue weighted by Gasteiger charge is -2.11. The van der Waals surface area contributed by atoms with Gasteiger partial charge >= 0.3 is 0 Å². The van der Waals surface area contributed by atoms with Crippen molar-refractivity contribution in [2.24, 2.45) is 5.92 Å². The van der Waals surface area contributed by atoms with E-state index >= 15 is 0 Å². The third-order valence-electron chi connectivity index (χ3n) is 4.07. The van der Waals surface area contributed by atoms with Crippen molar-refractivity contribution < 1.29 is 9.18 Å². The SMILES string of the molecule is CNCC(C)C(=O)Nc1ccc2nc(Cc3ccccc3F)[nH]c2c1.Cl.Cl. The Bertz CT molecular complexity index is 900. The smallest absolute Gasteiger partial charge is 0.228 e. The number of nitrogens with zero attached hydrogens (tertiary/aromatic N) is 1. The normalized spacial score (nSPS) is 11.4. The van der Waals surface area contributed by atoms with Crippen molar-refractivity contribution in [3.05, 3.63) is 59.7 Å². The molecule has 8 heteroatoms. The first-order chi connectivity index (χ1) is 12.1. The number of carbonyl (C=O) groups excluding carboxylic acids is 1. The van der Waals surface area contributed by atoms with Crippen LogP contribution < -0.4 is 10.6 Å². The summed E-state index contributed by atoms with van der Waals surface area (Å²) in [7, 11) is 1.82. The number of carbonyl (C=O) groups is 1. The Morgan fingerprint density at radius 1 is 1.22 bits per heavy atom. The van der Waals surface area contributed by atoms with E-state index in [1.807, 2.05) is 32.2 Å². The molecule has 1 heterocycles. The van der Waals surface area contributed by atoms with E-state index in [0.29, 0.717) is 30.0 Å². The number of aromatic nitrogens is 2. The first-order valence-electron chi connectivity index (χ1n) is 8.24. The van der Waals surface area contributed by atoms with Gasteiger partial charge in [-0.05, 0) is 36.9 Å². The van der Waals surface area contributed by atoms with Gasteiger partial charge in [0.25, 0.3) is 0 Å². The molecule has 2 aromatic carbocycles. The molecule has 1 atom stereocenters. The summed E-state index contributed by atoms with van der Waals surface area (Å²) >= 11 is 0. The van der Waals surface area contributed by atoms with Crippen molar-refractivity contribution in [1.29, 1.82) is 0 Å². The minimum atomic E-state index is -0.241. The molecule has 0 radical (unpaired) electrons. The van der Waals surface area contributed by atoms with Crippen LogP contribution in [0, 0.1) is 11.7 Å². The molecule has 0 aliphatic heterocycles. The highest BCUT2D eigenvalue weighted by Crippen LogP contribution is 2.20. The molecule has 146 valence electrons. The monoisotopic (exact) mass is 412 g/mol. The van der Waals surface area contributed by atoms with E-state index in [0.717, 1.165) is 11.0 Å². The van der Waals surface area contributed by atoms with Gasteiger partial charge in [0.2, 0.25) is 5.91 Å². The van der Waals surface area contributed by atoms with Crippen LogP contribution >= 0.6 is 24.8 Å². The van der Waals surface area contributed by atoms with Crippen LogP contribution in [-0.4, -0.2) is 29.5 Å². The van der Waals surface area contributed by atoms with E-state index < -0.39 is 0 Å². The zero-order valence-corrected chi connectivity index (χ0v) is 16.7. The zero-order valence-electron chi connectivity index (χ0n) is 15.1. The van der Waals surface area contributed by atoms with Gasteiger partial charge in [-0.2, -0.15) is 0 Å². The molecule has 1 unspecified atom stereocenters. The molecule has 3 N–H and O–H groups in total. The summed E-state index contributed by atoms with van der Waals surface area (Å²) in [6.07, 6.45) is 0.391. The van der Waals surface area contributed by atoms with E-state index in [4.69, 9.17) is 0 Å². The highest BCUT2D eigenvalue weighted by atomic mass is 35.5. The lowest BCUT2D eigenvalue weighted by atomic mass is 10.1. The Balaban J connectivity index is 0.00000182. The number of nitrogens with one attached hydrogen (secondary N) is 3. The van der Waals surface area contributed by atoms with E-state index in [2.05, 4.69) is 20.6 Å². The van der Waals surface area contributed by atoms with Crippen LogP contribution in [0.3, 0.4) is 0 Å². The van der Waals surface area contributed by atoms with Crippen molar-refractivity contribution in [2.45, 2.75) is 13.3 Å². The summed E-state index contributed by atoms with van der Waals surface area (Å²) in [4.78, 5) is 19.8. The van der Waals surface area contributed by atoms with Gasteiger partial charge in [0, 0.05) is 24.6 Å². The minimum absolute atomic E-state index is 0. The van der Waals surface area contributed by atoms with Crippen LogP contribution in [0.2, 0.25) is 0 Å². The first-order valence-corrected chi connectivity index (χ1v) is 8.24. The van der Waals surface area contributed by atoms with Gasteiger partial charge in [-0.15, -0.1) is 24.8 Å². The second kappa shape index (κ2) is 10.3. The Hall–Kier alpha value is -2.15. The van der Waals surface area contributed by atoms with Gasteiger partial charge in [0.05, 0.1) is 11.0 Å². The fourth-order valence-electron chi connectivity index (χ4n) is 2.71. The molecular weight excluding hydrogens is 390 g/mol. The van der Waals surface area contributed by atoms with E-state index in [9.17, 15) is 9.18 Å². The Morgan fingerprint density at radius 2 is 1.96 bits per heavy atom. The third-order valence-corrected chi connectivity index (χ3v) is 4.07. The molecule has 0 aliphatic carbocycles. The summed E-state index contributed by atoms with van der Waals surface area (Å²) in [5.41, 5.74) is 2.90. The van der Waals surface area contributed by atoms with E-state index in [1.54, 1.807) is 18.2 Å². The van der Waals surface area contributed by atoms with Crippen LogP contribution in [0.4, 0.5) is 10.1 Å². The highest BCUT2D eigenvalue weighted by molar-refractivity contribution is 5.94. The number of hydrogen-bond acceptors (Lipinski definition) is 3. The van der Waals surface area contributed by atoms with Gasteiger partial charge in [-0.3, -0.25) is 4.79 Å². The first kappa shape index (κ1) is 22.9. The van der Waals surface area contributed by atoms with Gasteiger partial charge in [-0.1, -0.05) is 25.1 Å². The fourth-order valence-corrected chi connectivity index (χ4v) is 2.71. The molecule has 1 amide bonds. The molecule has 1 aromatic heterocycles. The van der Waals surface area contributed by atoms with Crippen LogP contribution in [0.25, 0.3) is 11.0 Å². The van der Waals surface area contributed by atoms with Crippen molar-refractivity contribution in [3.8, 4) is 0 Å². The Kier molecular flexibility index (Phi) is 8.69. The van der Waals surface area contributed by atoms with Gasteiger partial charge in [-0.25, -0.2) is 9.37 Å². The molecule has 3 aromatic rings. The summed E-state index contributed by atoms with van der Waals surface area (Å²) in [5, 5.41) is 5.89. The number of H-pyrrole nitrogens is 1. The molecule has 5 nitrogen and oxygen atoms in total. The number of fused-ring (bicyclic) bond motifs is 1. The molecule has 0 fully saturated rings. The second-order valence-electron chi connectivity index (χ2n) is 6.13. The Labute approximate surface area is 170 Å². The highest BCUT2D eigenvalue weighted by Gasteiger charge is 2.13. The van der Waals surface area contributed by atoms with Gasteiger partial charge < -0.3 is 15.6 Å². The molecular formula is C19H23Cl2FN4O. The summed E-state index contributed by atoms with van der Waals surface area (Å²) in [6.45, 7) is 2.48. The van der Waals surface area contributed by atoms with E-state index in [-0.39, 0.29) is 42.5 Å². The maximum atomic E-state index is 13.8. The van der Waals surface area contributed by atoms with Crippen molar-refractivity contribution in [1.82, 2.24) is 15.3 Å². The Morgan fingerprint density at radius 3 is 2.67 bits per heavy atom. The molecule has 0 saturated carbocycles. The predicted octanol–water partition coefficient (Wildman–Crippen LogP) is 3.93. The summed E-state index contributed by atoms with van der Waals surface area (Å²) in [6, 6.07) is 12.2. The maximum absolute atomic E-state index is 13.8. The van der Waals surface area contributed by atoms with Gasteiger partial charge in [0.15, 0.2) is 0 Å². The molecule has 0 saturated heterocycles. The zero-order chi connectivity index (χ0) is 17.8. The topological polar surface area (TPSA) is 69.8 Å². The van der Waals surface area contributed by atoms with Crippen LogP contribution in [0.15, 0.2) is 42.5 Å². The molecule has 27 heavy (non-hydrogen) atoms. The van der Waals surface area contributed by atoms with E-state index in [1.165, 1.54) is 6.07 Å². The predicted molar refractivity (Wildman–Crippen MR) is 112 cm³/mol. The average molecular weight is 413 g/mol. The number of amides is 1. The number of benzene rings is 2. The van der Waals surface area contributed by atoms with Crippen LogP contribution in [0.5, 0.6) is 0 Å². The maximum Gasteiger partial charge on any atom is 0.228 e. The summed E-state index contributed by atoms with van der Waals surface area (Å²) < 4.78 is 13.8. The summed E-state index contributed by atoms with van der Waals surface area (Å²) in [5.74, 6) is 0.278. The average Bonchev–Trinajstić information content (AvgIpc) is 2.98. The van der Waals surface area contributed by atoms with Gasteiger partial charge in [0.1, 0.15) is 11.6 Å². The number of anilines is 1. The number of rotatable bonds is 6. The quantitative estimate of drug-likeness (QED) is 0.574. The number of imidazole rings is 1. The number of halogens is 3. The third kappa shape index (κ3) is 5.66. The molecule has 0 bridgehead atoms. The largest absolute Gasteiger partial charge is 0.342 e. The number of hydrogen-bond donors (Lipinski definition) is 3. The lowest BCUT2D eigenvalue weighted by molar-refractivity contribution is -0.119.